The lowest BCUT2D eigenvalue weighted by atomic mass is 9.78. The first-order valence-corrected chi connectivity index (χ1v) is 11.5. The highest BCUT2D eigenvalue weighted by molar-refractivity contribution is 9.11. The Kier molecular flexibility index (Phi) is 5.10. The molecule has 0 unspecified atom stereocenters. The number of H-pyrrole nitrogens is 1. The standard InChI is InChI=1S/C24H18Br2N2O3/c1-13-20(16-9-5-6-10-19(16)27-13)21-17-11-15(25)12-18(26)24(17)31-23(22(21)28(29)30)14-7-3-2-4-8-14/h2-12,21-23,27H,1H3/t21-,22-,23-/m0/s1. The van der Waals surface area contributed by atoms with E-state index in [-0.39, 0.29) is 4.92 Å². The second kappa shape index (κ2) is 7.80. The minimum absolute atomic E-state index is 0.193. The summed E-state index contributed by atoms with van der Waals surface area (Å²) in [6, 6.07) is 20.2. The van der Waals surface area contributed by atoms with Crippen LogP contribution in [-0.4, -0.2) is 15.9 Å². The third-order valence-electron chi connectivity index (χ3n) is 5.89. The van der Waals surface area contributed by atoms with Gasteiger partial charge in [-0.2, -0.15) is 0 Å². The minimum atomic E-state index is -0.992. The Bertz CT molecular complexity index is 1300. The summed E-state index contributed by atoms with van der Waals surface area (Å²) in [6.07, 6.45) is -0.723. The smallest absolute Gasteiger partial charge is 0.264 e. The van der Waals surface area contributed by atoms with Crippen molar-refractivity contribution in [1.29, 1.82) is 0 Å². The van der Waals surface area contributed by atoms with Crippen LogP contribution >= 0.6 is 31.9 Å². The van der Waals surface area contributed by atoms with Crippen LogP contribution in [0.15, 0.2) is 75.7 Å². The van der Waals surface area contributed by atoms with Crippen LogP contribution in [0.4, 0.5) is 0 Å². The van der Waals surface area contributed by atoms with E-state index < -0.39 is 18.1 Å². The lowest BCUT2D eigenvalue weighted by Crippen LogP contribution is -2.41. The van der Waals surface area contributed by atoms with Crippen LogP contribution in [0.5, 0.6) is 5.75 Å². The first-order valence-electron chi connectivity index (χ1n) is 9.87. The monoisotopic (exact) mass is 540 g/mol. The van der Waals surface area contributed by atoms with Crippen LogP contribution in [0.1, 0.15) is 34.4 Å². The van der Waals surface area contributed by atoms with Crippen LogP contribution < -0.4 is 4.74 Å². The van der Waals surface area contributed by atoms with Gasteiger partial charge in [0.15, 0.2) is 6.10 Å². The highest BCUT2D eigenvalue weighted by Crippen LogP contribution is 2.52. The molecule has 7 heteroatoms. The number of nitro groups is 1. The van der Waals surface area contributed by atoms with E-state index in [0.29, 0.717) is 5.75 Å². The number of hydrogen-bond acceptors (Lipinski definition) is 3. The molecule has 0 saturated heterocycles. The van der Waals surface area contributed by atoms with Crippen LogP contribution in [0.2, 0.25) is 0 Å². The molecule has 1 aromatic heterocycles. The van der Waals surface area contributed by atoms with Crippen LogP contribution in [0, 0.1) is 17.0 Å². The topological polar surface area (TPSA) is 68.2 Å². The molecule has 5 rings (SSSR count). The molecule has 0 spiro atoms. The molecule has 2 heterocycles. The van der Waals surface area contributed by atoms with Gasteiger partial charge in [-0.1, -0.05) is 64.5 Å². The Hall–Kier alpha value is -2.64. The number of aryl methyl sites for hydroxylation is 1. The zero-order chi connectivity index (χ0) is 21.7. The number of aromatic nitrogens is 1. The van der Waals surface area contributed by atoms with Crippen molar-refractivity contribution in [3.63, 3.8) is 0 Å². The number of para-hydroxylation sites is 1. The summed E-state index contributed by atoms with van der Waals surface area (Å²) >= 11 is 7.17. The van der Waals surface area contributed by atoms with Crippen LogP contribution in [0.3, 0.4) is 0 Å². The molecule has 1 N–H and O–H groups in total. The van der Waals surface area contributed by atoms with E-state index >= 15 is 0 Å². The molecule has 31 heavy (non-hydrogen) atoms. The SMILES string of the molecule is Cc1[nH]c2ccccc2c1[C@@H]1c2cc(Br)cc(Br)c2O[C@@H](c2ccccc2)[C@H]1[N+](=O)[O-]. The summed E-state index contributed by atoms with van der Waals surface area (Å²) in [5.41, 5.74) is 4.41. The van der Waals surface area contributed by atoms with E-state index in [1.165, 1.54) is 0 Å². The molecule has 0 fully saturated rings. The molecule has 5 nitrogen and oxygen atoms in total. The molecule has 0 radical (unpaired) electrons. The summed E-state index contributed by atoms with van der Waals surface area (Å²) in [5, 5.41) is 13.6. The van der Waals surface area contributed by atoms with E-state index in [4.69, 9.17) is 4.74 Å². The predicted molar refractivity (Wildman–Crippen MR) is 127 cm³/mol. The second-order valence-corrected chi connectivity index (χ2v) is 9.49. The molecular formula is C24H18Br2N2O3. The summed E-state index contributed by atoms with van der Waals surface area (Å²) in [6.45, 7) is 1.98. The van der Waals surface area contributed by atoms with Gasteiger partial charge in [0.25, 0.3) is 6.04 Å². The summed E-state index contributed by atoms with van der Waals surface area (Å²) in [7, 11) is 0. The fraction of sp³-hybridized carbons (Fsp3) is 0.167. The molecule has 3 aromatic carbocycles. The maximum atomic E-state index is 12.6. The van der Waals surface area contributed by atoms with Crippen LogP contribution in [0.25, 0.3) is 10.9 Å². The van der Waals surface area contributed by atoms with Crippen molar-refractivity contribution in [1.82, 2.24) is 4.98 Å². The molecule has 3 atom stereocenters. The number of nitrogens with zero attached hydrogens (tertiary/aromatic N) is 1. The largest absolute Gasteiger partial charge is 0.477 e. The van der Waals surface area contributed by atoms with Gasteiger partial charge in [-0.05, 0) is 52.2 Å². The van der Waals surface area contributed by atoms with E-state index in [2.05, 4.69) is 36.8 Å². The lowest BCUT2D eigenvalue weighted by molar-refractivity contribution is -0.538. The molecule has 4 aromatic rings. The molecule has 1 aliphatic heterocycles. The number of aromatic amines is 1. The third kappa shape index (κ3) is 3.36. The molecular weight excluding hydrogens is 524 g/mol. The van der Waals surface area contributed by atoms with Gasteiger partial charge in [0.2, 0.25) is 0 Å². The Balaban J connectivity index is 1.83. The van der Waals surface area contributed by atoms with Crippen molar-refractivity contribution in [2.24, 2.45) is 0 Å². The molecule has 0 bridgehead atoms. The van der Waals surface area contributed by atoms with E-state index in [0.717, 1.165) is 42.2 Å². The van der Waals surface area contributed by atoms with Gasteiger partial charge >= 0.3 is 0 Å². The van der Waals surface area contributed by atoms with Gasteiger partial charge in [-0.15, -0.1) is 0 Å². The predicted octanol–water partition coefficient (Wildman–Crippen LogP) is 6.91. The summed E-state index contributed by atoms with van der Waals surface area (Å²) in [5.74, 6) is 0.152. The van der Waals surface area contributed by atoms with E-state index in [9.17, 15) is 10.1 Å². The number of rotatable bonds is 3. The average molecular weight is 542 g/mol. The van der Waals surface area contributed by atoms with Crippen molar-refractivity contribution in [2.75, 3.05) is 0 Å². The first kappa shape index (κ1) is 20.3. The maximum absolute atomic E-state index is 12.6. The summed E-state index contributed by atoms with van der Waals surface area (Å²) in [4.78, 5) is 15.8. The Morgan fingerprint density at radius 2 is 1.74 bits per heavy atom. The van der Waals surface area contributed by atoms with Crippen molar-refractivity contribution < 1.29 is 9.66 Å². The quantitative estimate of drug-likeness (QED) is 0.226. The molecule has 0 aliphatic carbocycles. The Morgan fingerprint density at radius 3 is 2.48 bits per heavy atom. The number of fused-ring (bicyclic) bond motifs is 2. The number of halogens is 2. The highest BCUT2D eigenvalue weighted by Gasteiger charge is 2.50. The lowest BCUT2D eigenvalue weighted by Gasteiger charge is -2.36. The number of ether oxygens (including phenoxy) is 1. The number of nitrogens with one attached hydrogen (secondary N) is 1. The van der Waals surface area contributed by atoms with Gasteiger partial charge in [0.05, 0.1) is 10.4 Å². The number of hydrogen-bond donors (Lipinski definition) is 1. The zero-order valence-corrected chi connectivity index (χ0v) is 19.7. The fourth-order valence-electron chi connectivity index (χ4n) is 4.66. The fourth-order valence-corrected chi connectivity index (χ4v) is 6.01. The molecule has 0 amide bonds. The van der Waals surface area contributed by atoms with Gasteiger partial charge in [0, 0.05) is 31.6 Å². The maximum Gasteiger partial charge on any atom is 0.264 e. The zero-order valence-electron chi connectivity index (χ0n) is 16.5. The second-order valence-electron chi connectivity index (χ2n) is 7.72. The summed E-state index contributed by atoms with van der Waals surface area (Å²) < 4.78 is 7.94. The van der Waals surface area contributed by atoms with E-state index in [1.807, 2.05) is 73.7 Å². The van der Waals surface area contributed by atoms with Crippen molar-refractivity contribution >= 4 is 42.8 Å². The third-order valence-corrected chi connectivity index (χ3v) is 6.94. The molecule has 1 aliphatic rings. The minimum Gasteiger partial charge on any atom is -0.477 e. The first-order chi connectivity index (χ1) is 15.0. The average Bonchev–Trinajstić information content (AvgIpc) is 3.08. The van der Waals surface area contributed by atoms with Gasteiger partial charge in [0.1, 0.15) is 5.75 Å². The Morgan fingerprint density at radius 1 is 1.03 bits per heavy atom. The van der Waals surface area contributed by atoms with Crippen molar-refractivity contribution in [3.8, 4) is 5.75 Å². The highest BCUT2D eigenvalue weighted by atomic mass is 79.9. The van der Waals surface area contributed by atoms with E-state index in [1.54, 1.807) is 0 Å². The van der Waals surface area contributed by atoms with Crippen molar-refractivity contribution in [2.45, 2.75) is 25.0 Å². The van der Waals surface area contributed by atoms with Gasteiger partial charge in [-0.3, -0.25) is 10.1 Å². The number of benzene rings is 3. The van der Waals surface area contributed by atoms with Gasteiger partial charge < -0.3 is 9.72 Å². The normalized spacial score (nSPS) is 20.3. The Labute approximate surface area is 195 Å². The molecule has 0 saturated carbocycles. The van der Waals surface area contributed by atoms with Gasteiger partial charge in [-0.25, -0.2) is 0 Å². The van der Waals surface area contributed by atoms with Crippen molar-refractivity contribution in [3.05, 3.63) is 108 Å². The molecule has 156 valence electrons. The van der Waals surface area contributed by atoms with Crippen LogP contribution in [-0.2, 0) is 0 Å².